The van der Waals surface area contributed by atoms with Crippen molar-refractivity contribution < 1.29 is 31.4 Å². The van der Waals surface area contributed by atoms with E-state index in [0.29, 0.717) is 11.7 Å². The van der Waals surface area contributed by atoms with Crippen molar-refractivity contribution in [3.05, 3.63) is 87.9 Å². The number of carbonyl (C=O) groups is 1. The van der Waals surface area contributed by atoms with Crippen molar-refractivity contribution in [3.8, 4) is 0 Å². The minimum atomic E-state index is -0.859. The average molecular weight is 324 g/mol. The molecule has 2 aliphatic carbocycles. The number of carbonyl (C=O) groups excluding carboxylic acids is 1. The predicted molar refractivity (Wildman–Crippen MR) is 75.2 cm³/mol. The third-order valence-electron chi connectivity index (χ3n) is 2.79. The second kappa shape index (κ2) is 10.2. The van der Waals surface area contributed by atoms with Crippen LogP contribution in [0.5, 0.6) is 0 Å². The van der Waals surface area contributed by atoms with E-state index in [1.165, 1.54) is 6.26 Å². The number of aliphatic hydroxyl groups is 1. The quantitative estimate of drug-likeness (QED) is 0.867. The van der Waals surface area contributed by atoms with E-state index in [0.717, 1.165) is 0 Å². The molecule has 1 unspecified atom stereocenters. The minimum absolute atomic E-state index is 0. The van der Waals surface area contributed by atoms with Crippen molar-refractivity contribution in [2.75, 3.05) is 0 Å². The van der Waals surface area contributed by atoms with Gasteiger partial charge >= 0.3 is 17.1 Å². The van der Waals surface area contributed by atoms with Crippen LogP contribution in [-0.2, 0) is 21.9 Å². The Morgan fingerprint density at radius 3 is 2.10 bits per heavy atom. The molecule has 0 bridgehead atoms. The third kappa shape index (κ3) is 6.37. The Kier molecular flexibility index (Phi) is 8.98. The first-order valence-electron chi connectivity index (χ1n) is 6.40. The summed E-state index contributed by atoms with van der Waals surface area (Å²) >= 11 is 0. The van der Waals surface area contributed by atoms with E-state index in [2.05, 4.69) is 0 Å². The van der Waals surface area contributed by atoms with Gasteiger partial charge in [-0.2, -0.15) is 0 Å². The van der Waals surface area contributed by atoms with E-state index >= 15 is 0 Å². The molecule has 0 spiro atoms. The topological polar surface area (TPSA) is 50.4 Å². The molecule has 21 heavy (non-hydrogen) atoms. The first-order valence-corrected chi connectivity index (χ1v) is 6.40. The molecular formula is C17H16FeO3+2. The van der Waals surface area contributed by atoms with E-state index in [1.807, 2.05) is 32.1 Å². The van der Waals surface area contributed by atoms with Gasteiger partial charge in [0.25, 0.3) is 0 Å². The van der Waals surface area contributed by atoms with Gasteiger partial charge in [-0.3, -0.25) is 4.79 Å². The smallest absolute Gasteiger partial charge is 0.467 e. The van der Waals surface area contributed by atoms with Crippen LogP contribution in [0.3, 0.4) is 0 Å². The predicted octanol–water partition coefficient (Wildman–Crippen LogP) is 2.70. The van der Waals surface area contributed by atoms with Crippen LogP contribution < -0.4 is 0 Å². The van der Waals surface area contributed by atoms with Crippen molar-refractivity contribution in [1.82, 2.24) is 0 Å². The summed E-state index contributed by atoms with van der Waals surface area (Å²) in [5, 5.41) is 9.66. The number of hydrogen-bond acceptors (Lipinski definition) is 3. The molecule has 2 fully saturated rings. The average Bonchev–Trinajstić information content (AvgIpc) is 3.20. The number of ketones is 1. The Morgan fingerprint density at radius 2 is 1.62 bits per heavy atom. The summed E-state index contributed by atoms with van der Waals surface area (Å²) in [6.07, 6.45) is 17.7. The maximum atomic E-state index is 11.6. The molecule has 1 aromatic heterocycles. The molecule has 0 saturated heterocycles. The van der Waals surface area contributed by atoms with Crippen LogP contribution in [0.25, 0.3) is 0 Å². The van der Waals surface area contributed by atoms with Crippen molar-refractivity contribution in [3.63, 3.8) is 0 Å². The van der Waals surface area contributed by atoms with Crippen molar-refractivity contribution in [2.24, 2.45) is 0 Å². The van der Waals surface area contributed by atoms with Crippen LogP contribution in [0.4, 0.5) is 0 Å². The van der Waals surface area contributed by atoms with Gasteiger partial charge < -0.3 is 9.52 Å². The number of Topliss-reactive ketones (excluding diaryl/α,β-unsaturated/α-hetero) is 1. The number of rotatable bonds is 4. The Bertz CT molecular complexity index is 371. The number of aliphatic hydroxyl groups excluding tert-OH is 1. The minimum Gasteiger partial charge on any atom is -0.467 e. The summed E-state index contributed by atoms with van der Waals surface area (Å²) < 4.78 is 5.01. The van der Waals surface area contributed by atoms with Crippen LogP contribution in [-0.4, -0.2) is 10.9 Å². The van der Waals surface area contributed by atoms with Crippen molar-refractivity contribution in [2.45, 2.75) is 12.5 Å². The summed E-state index contributed by atoms with van der Waals surface area (Å²) in [6, 6.07) is 3.34. The summed E-state index contributed by atoms with van der Waals surface area (Å²) in [5.74, 6) is 0.972. The largest absolute Gasteiger partial charge is 2.00 e. The molecular weight excluding hydrogens is 308 g/mol. The van der Waals surface area contributed by atoms with E-state index in [9.17, 15) is 9.90 Å². The molecule has 0 amide bonds. The molecule has 1 atom stereocenters. The molecule has 2 saturated carbocycles. The van der Waals surface area contributed by atoms with Crippen molar-refractivity contribution >= 4 is 5.78 Å². The van der Waals surface area contributed by atoms with Crippen LogP contribution in [0.1, 0.15) is 18.3 Å². The van der Waals surface area contributed by atoms with Gasteiger partial charge in [-0.1, -0.05) is 0 Å². The van der Waals surface area contributed by atoms with Gasteiger partial charge in [-0.05, 0) is 69.9 Å². The molecule has 10 radical (unpaired) electrons. The van der Waals surface area contributed by atoms with Gasteiger partial charge in [0.05, 0.1) is 6.26 Å². The molecule has 4 heteroatoms. The van der Waals surface area contributed by atoms with Gasteiger partial charge in [0.15, 0.2) is 0 Å². The Balaban J connectivity index is 0.000000313. The Labute approximate surface area is 138 Å². The SMILES string of the molecule is O=C(CC(O)c1ccco1)[C]1[CH][CH][CH][CH]1.[CH]1[CH][CH][CH][CH]1.[Fe+2]. The number of furan rings is 1. The zero-order valence-electron chi connectivity index (χ0n) is 11.3. The fourth-order valence-electron chi connectivity index (χ4n) is 1.76. The summed E-state index contributed by atoms with van der Waals surface area (Å²) in [7, 11) is 0. The second-order valence-electron chi connectivity index (χ2n) is 4.29. The number of hydrogen-bond donors (Lipinski definition) is 1. The molecule has 3 nitrogen and oxygen atoms in total. The van der Waals surface area contributed by atoms with Gasteiger partial charge in [-0.25, -0.2) is 0 Å². The van der Waals surface area contributed by atoms with Crippen LogP contribution in [0.15, 0.2) is 22.8 Å². The molecule has 1 heterocycles. The summed E-state index contributed by atoms with van der Waals surface area (Å²) in [6.45, 7) is 0. The van der Waals surface area contributed by atoms with Crippen LogP contribution in [0.2, 0.25) is 0 Å². The third-order valence-corrected chi connectivity index (χ3v) is 2.79. The van der Waals surface area contributed by atoms with E-state index in [-0.39, 0.29) is 29.3 Å². The van der Waals surface area contributed by atoms with Gasteiger partial charge in [0.2, 0.25) is 0 Å². The maximum absolute atomic E-state index is 11.6. The molecule has 1 aromatic rings. The molecule has 3 rings (SSSR count). The first-order chi connectivity index (χ1) is 9.77. The second-order valence-corrected chi connectivity index (χ2v) is 4.29. The van der Waals surface area contributed by atoms with E-state index in [1.54, 1.807) is 37.8 Å². The van der Waals surface area contributed by atoms with E-state index < -0.39 is 6.10 Å². The van der Waals surface area contributed by atoms with Gasteiger partial charge in [0.1, 0.15) is 17.6 Å². The zero-order valence-corrected chi connectivity index (χ0v) is 12.4. The molecule has 2 aliphatic rings. The fourth-order valence-corrected chi connectivity index (χ4v) is 1.76. The Morgan fingerprint density at radius 1 is 1.05 bits per heavy atom. The van der Waals surface area contributed by atoms with Gasteiger partial charge in [-0.15, -0.1) is 0 Å². The monoisotopic (exact) mass is 324 g/mol. The van der Waals surface area contributed by atoms with Crippen LogP contribution >= 0.6 is 0 Å². The molecule has 1 N–H and O–H groups in total. The van der Waals surface area contributed by atoms with Gasteiger partial charge in [0, 0.05) is 12.3 Å². The van der Waals surface area contributed by atoms with E-state index in [4.69, 9.17) is 4.42 Å². The maximum Gasteiger partial charge on any atom is 2.00 e. The summed E-state index contributed by atoms with van der Waals surface area (Å²) in [4.78, 5) is 11.6. The zero-order chi connectivity index (χ0) is 14.2. The van der Waals surface area contributed by atoms with Crippen molar-refractivity contribution in [1.29, 1.82) is 0 Å². The van der Waals surface area contributed by atoms with Crippen LogP contribution in [0, 0.1) is 63.7 Å². The fraction of sp³-hybridized carbons (Fsp3) is 0.118. The standard InChI is InChI=1S/C12H11O3.C5H5.Fe/c13-10(9-4-1-2-5-9)8-11(14)12-6-3-7-15-12;1-2-4-5-3-1;/h1-7,11,14H,8H2;1-5H;/q;;+2. The summed E-state index contributed by atoms with van der Waals surface area (Å²) in [5.41, 5.74) is 0. The molecule has 108 valence electrons. The first kappa shape index (κ1) is 18.5. The molecule has 0 aromatic carbocycles. The Hall–Kier alpha value is -0.571. The normalized spacial score (nSPS) is 19.5. The molecule has 0 aliphatic heterocycles.